The molecule has 0 spiro atoms. The summed E-state index contributed by atoms with van der Waals surface area (Å²) in [6.45, 7) is 7.89. The lowest BCUT2D eigenvalue weighted by atomic mass is 10.0. The zero-order valence-electron chi connectivity index (χ0n) is 15.0. The van der Waals surface area contributed by atoms with Crippen LogP contribution >= 0.6 is 0 Å². The summed E-state index contributed by atoms with van der Waals surface area (Å²) in [6, 6.07) is 16.4. The zero-order chi connectivity index (χ0) is 17.6. The molecule has 1 unspecified atom stereocenters. The van der Waals surface area contributed by atoms with Crippen molar-refractivity contribution in [3.63, 3.8) is 0 Å². The van der Waals surface area contributed by atoms with Gasteiger partial charge in [0, 0.05) is 25.2 Å². The molecular formula is C21H26N2O2. The van der Waals surface area contributed by atoms with E-state index >= 15 is 0 Å². The Bertz CT molecular complexity index is 709. The first-order valence-electron chi connectivity index (χ1n) is 8.88. The number of carbonyl (C=O) groups is 1. The van der Waals surface area contributed by atoms with Gasteiger partial charge in [0.15, 0.2) is 0 Å². The van der Waals surface area contributed by atoms with Gasteiger partial charge in [0.25, 0.3) is 5.91 Å². The molecule has 0 aromatic heterocycles. The van der Waals surface area contributed by atoms with Crippen LogP contribution < -0.4 is 5.32 Å². The molecule has 3 rings (SSSR count). The van der Waals surface area contributed by atoms with E-state index in [0.29, 0.717) is 6.54 Å². The minimum Gasteiger partial charge on any atom is -0.379 e. The number of nitrogens with zero attached hydrogens (tertiary/aromatic N) is 1. The average molecular weight is 338 g/mol. The molecular weight excluding hydrogens is 312 g/mol. The van der Waals surface area contributed by atoms with Crippen LogP contribution in [-0.4, -0.2) is 43.7 Å². The van der Waals surface area contributed by atoms with Gasteiger partial charge >= 0.3 is 0 Å². The van der Waals surface area contributed by atoms with Crippen molar-refractivity contribution in [3.8, 4) is 0 Å². The van der Waals surface area contributed by atoms with Gasteiger partial charge in [0.2, 0.25) is 0 Å². The first kappa shape index (κ1) is 17.6. The van der Waals surface area contributed by atoms with Crippen molar-refractivity contribution in [2.75, 3.05) is 32.8 Å². The van der Waals surface area contributed by atoms with Crippen molar-refractivity contribution in [2.45, 2.75) is 19.9 Å². The Morgan fingerprint density at radius 2 is 1.80 bits per heavy atom. The van der Waals surface area contributed by atoms with Crippen LogP contribution in [0, 0.1) is 13.8 Å². The molecule has 1 amide bonds. The Hall–Kier alpha value is -2.17. The van der Waals surface area contributed by atoms with Gasteiger partial charge in [-0.15, -0.1) is 0 Å². The summed E-state index contributed by atoms with van der Waals surface area (Å²) in [5, 5.41) is 3.14. The predicted molar refractivity (Wildman–Crippen MR) is 99.8 cm³/mol. The third-order valence-corrected chi connectivity index (χ3v) is 4.98. The smallest absolute Gasteiger partial charge is 0.251 e. The molecule has 2 aromatic rings. The van der Waals surface area contributed by atoms with Crippen molar-refractivity contribution < 1.29 is 9.53 Å². The van der Waals surface area contributed by atoms with Crippen molar-refractivity contribution >= 4 is 5.91 Å². The minimum absolute atomic E-state index is 0.00427. The number of benzene rings is 2. The number of carbonyl (C=O) groups excluding carboxylic acids is 1. The highest BCUT2D eigenvalue weighted by molar-refractivity contribution is 5.95. The van der Waals surface area contributed by atoms with Crippen LogP contribution in [0.3, 0.4) is 0 Å². The largest absolute Gasteiger partial charge is 0.379 e. The van der Waals surface area contributed by atoms with E-state index in [1.165, 1.54) is 5.56 Å². The average Bonchev–Trinajstić information content (AvgIpc) is 2.66. The van der Waals surface area contributed by atoms with Crippen LogP contribution in [-0.2, 0) is 4.74 Å². The number of hydrogen-bond acceptors (Lipinski definition) is 3. The second kappa shape index (κ2) is 8.28. The Labute approximate surface area is 149 Å². The molecule has 1 N–H and O–H groups in total. The van der Waals surface area contributed by atoms with E-state index in [2.05, 4.69) is 34.5 Å². The molecule has 4 heteroatoms. The van der Waals surface area contributed by atoms with Crippen molar-refractivity contribution in [2.24, 2.45) is 0 Å². The number of morpholine rings is 1. The molecule has 1 aliphatic heterocycles. The highest BCUT2D eigenvalue weighted by Gasteiger charge is 2.23. The molecule has 0 radical (unpaired) electrons. The normalized spacial score (nSPS) is 16.4. The first-order chi connectivity index (χ1) is 12.2. The zero-order valence-corrected chi connectivity index (χ0v) is 15.0. The summed E-state index contributed by atoms with van der Waals surface area (Å²) in [5.41, 5.74) is 4.17. The Balaban J connectivity index is 1.74. The monoisotopic (exact) mass is 338 g/mol. The Morgan fingerprint density at radius 3 is 2.52 bits per heavy atom. The number of rotatable bonds is 5. The van der Waals surface area contributed by atoms with Gasteiger partial charge in [-0.05, 0) is 36.6 Å². The van der Waals surface area contributed by atoms with Gasteiger partial charge in [0.1, 0.15) is 0 Å². The molecule has 0 saturated carbocycles. The predicted octanol–water partition coefficient (Wildman–Crippen LogP) is 3.11. The van der Waals surface area contributed by atoms with E-state index in [9.17, 15) is 4.79 Å². The van der Waals surface area contributed by atoms with Gasteiger partial charge in [-0.2, -0.15) is 0 Å². The molecule has 1 saturated heterocycles. The van der Waals surface area contributed by atoms with Crippen molar-refractivity contribution in [3.05, 3.63) is 70.8 Å². The van der Waals surface area contributed by atoms with E-state index in [1.807, 2.05) is 38.1 Å². The third kappa shape index (κ3) is 4.27. The Morgan fingerprint density at radius 1 is 1.08 bits per heavy atom. The van der Waals surface area contributed by atoms with Crippen molar-refractivity contribution in [1.82, 2.24) is 10.2 Å². The Kier molecular flexibility index (Phi) is 5.84. The van der Waals surface area contributed by atoms with Gasteiger partial charge in [-0.1, -0.05) is 42.5 Å². The number of hydrogen-bond donors (Lipinski definition) is 1. The fourth-order valence-corrected chi connectivity index (χ4v) is 3.30. The van der Waals surface area contributed by atoms with Crippen LogP contribution in [0.5, 0.6) is 0 Å². The maximum absolute atomic E-state index is 12.7. The maximum Gasteiger partial charge on any atom is 0.251 e. The summed E-state index contributed by atoms with van der Waals surface area (Å²) in [6.07, 6.45) is 0. The van der Waals surface area contributed by atoms with E-state index < -0.39 is 0 Å². The van der Waals surface area contributed by atoms with Gasteiger partial charge < -0.3 is 10.1 Å². The summed E-state index contributed by atoms with van der Waals surface area (Å²) >= 11 is 0. The molecule has 1 heterocycles. The van der Waals surface area contributed by atoms with Crippen LogP contribution in [0.15, 0.2) is 48.5 Å². The standard InChI is InChI=1S/C21H26N2O2/c1-16-7-6-10-19(17(16)2)21(24)22-15-20(18-8-4-3-5-9-18)23-11-13-25-14-12-23/h3-10,20H,11-15H2,1-2H3,(H,22,24). The fraction of sp³-hybridized carbons (Fsp3) is 0.381. The fourth-order valence-electron chi connectivity index (χ4n) is 3.30. The maximum atomic E-state index is 12.7. The van der Waals surface area contributed by atoms with E-state index in [4.69, 9.17) is 4.74 Å². The summed E-state index contributed by atoms with van der Waals surface area (Å²) in [7, 11) is 0. The lowest BCUT2D eigenvalue weighted by molar-refractivity contribution is 0.0162. The number of nitrogens with one attached hydrogen (secondary N) is 1. The van der Waals surface area contributed by atoms with Crippen LogP contribution in [0.25, 0.3) is 0 Å². The minimum atomic E-state index is -0.00427. The second-order valence-corrected chi connectivity index (χ2v) is 6.53. The highest BCUT2D eigenvalue weighted by atomic mass is 16.5. The van der Waals surface area contributed by atoms with Gasteiger partial charge in [-0.3, -0.25) is 9.69 Å². The molecule has 4 nitrogen and oxygen atoms in total. The number of aryl methyl sites for hydroxylation is 1. The SMILES string of the molecule is Cc1cccc(C(=O)NCC(c2ccccc2)N2CCOCC2)c1C. The molecule has 2 aromatic carbocycles. The van der Waals surface area contributed by atoms with Crippen LogP contribution in [0.1, 0.15) is 33.1 Å². The first-order valence-corrected chi connectivity index (χ1v) is 8.88. The number of ether oxygens (including phenoxy) is 1. The lowest BCUT2D eigenvalue weighted by Gasteiger charge is -2.35. The molecule has 132 valence electrons. The van der Waals surface area contributed by atoms with E-state index in [-0.39, 0.29) is 11.9 Å². The van der Waals surface area contributed by atoms with Gasteiger partial charge in [0.05, 0.1) is 19.3 Å². The van der Waals surface area contributed by atoms with Crippen LogP contribution in [0.2, 0.25) is 0 Å². The molecule has 25 heavy (non-hydrogen) atoms. The second-order valence-electron chi connectivity index (χ2n) is 6.53. The molecule has 1 atom stereocenters. The summed E-state index contributed by atoms with van der Waals surface area (Å²) in [4.78, 5) is 15.1. The molecule has 1 fully saturated rings. The lowest BCUT2D eigenvalue weighted by Crippen LogP contribution is -2.43. The molecule has 0 aliphatic carbocycles. The van der Waals surface area contributed by atoms with E-state index in [0.717, 1.165) is 43.0 Å². The van der Waals surface area contributed by atoms with Gasteiger partial charge in [-0.25, -0.2) is 0 Å². The molecule has 1 aliphatic rings. The van der Waals surface area contributed by atoms with Crippen molar-refractivity contribution in [1.29, 1.82) is 0 Å². The molecule has 0 bridgehead atoms. The summed E-state index contributed by atoms with van der Waals surface area (Å²) in [5.74, 6) is -0.00427. The number of amides is 1. The topological polar surface area (TPSA) is 41.6 Å². The quantitative estimate of drug-likeness (QED) is 0.911. The third-order valence-electron chi connectivity index (χ3n) is 4.98. The van der Waals surface area contributed by atoms with Crippen LogP contribution in [0.4, 0.5) is 0 Å². The summed E-state index contributed by atoms with van der Waals surface area (Å²) < 4.78 is 5.48. The highest BCUT2D eigenvalue weighted by Crippen LogP contribution is 2.21. The van der Waals surface area contributed by atoms with E-state index in [1.54, 1.807) is 0 Å².